The maximum atomic E-state index is 11.5. The summed E-state index contributed by atoms with van der Waals surface area (Å²) in [5, 5.41) is 0.866. The monoisotopic (exact) mass is 217 g/mol. The van der Waals surface area contributed by atoms with Crippen LogP contribution in [0.1, 0.15) is 34.9 Å². The molecule has 1 aliphatic carbocycles. The Morgan fingerprint density at radius 2 is 2.31 bits per heavy atom. The van der Waals surface area contributed by atoms with Crippen LogP contribution in [0.5, 0.6) is 0 Å². The van der Waals surface area contributed by atoms with Crippen molar-refractivity contribution in [1.82, 2.24) is 4.98 Å². The average Bonchev–Trinajstić information content (AvgIpc) is 3.07. The molecule has 2 aromatic heterocycles. The summed E-state index contributed by atoms with van der Waals surface area (Å²) in [4.78, 5) is 15.5. The zero-order valence-corrected chi connectivity index (χ0v) is 8.90. The van der Waals surface area contributed by atoms with Crippen LogP contribution < -0.4 is 0 Å². The molecule has 0 amide bonds. The Bertz CT molecular complexity index is 554. The van der Waals surface area contributed by atoms with Gasteiger partial charge in [-0.15, -0.1) is 0 Å². The van der Waals surface area contributed by atoms with Crippen LogP contribution in [0.15, 0.2) is 22.9 Å². The SMILES string of the molecule is COC(=O)c1cncc2cc(C3CC3)oc12. The quantitative estimate of drug-likeness (QED) is 0.725. The van der Waals surface area contributed by atoms with Crippen molar-refractivity contribution >= 4 is 16.9 Å². The summed E-state index contributed by atoms with van der Waals surface area (Å²) >= 11 is 0. The van der Waals surface area contributed by atoms with E-state index < -0.39 is 5.97 Å². The van der Waals surface area contributed by atoms with E-state index in [0.717, 1.165) is 11.1 Å². The molecule has 16 heavy (non-hydrogen) atoms. The molecule has 3 rings (SSSR count). The molecule has 0 bridgehead atoms. The van der Waals surface area contributed by atoms with E-state index in [1.165, 1.54) is 26.1 Å². The fourth-order valence-corrected chi connectivity index (χ4v) is 1.81. The van der Waals surface area contributed by atoms with Crippen LogP contribution in [0.4, 0.5) is 0 Å². The van der Waals surface area contributed by atoms with Crippen LogP contribution in [0.25, 0.3) is 11.0 Å². The first kappa shape index (κ1) is 9.39. The molecule has 4 nitrogen and oxygen atoms in total. The molecule has 0 aromatic carbocycles. The van der Waals surface area contributed by atoms with Gasteiger partial charge in [-0.2, -0.15) is 0 Å². The van der Waals surface area contributed by atoms with Gasteiger partial charge in [-0.25, -0.2) is 4.79 Å². The summed E-state index contributed by atoms with van der Waals surface area (Å²) in [6, 6.07) is 1.96. The minimum atomic E-state index is -0.408. The lowest BCUT2D eigenvalue weighted by molar-refractivity contribution is 0.0601. The van der Waals surface area contributed by atoms with E-state index in [1.54, 1.807) is 6.20 Å². The predicted molar refractivity (Wildman–Crippen MR) is 57.3 cm³/mol. The molecule has 0 aliphatic heterocycles. The van der Waals surface area contributed by atoms with Gasteiger partial charge in [-0.1, -0.05) is 0 Å². The molecule has 82 valence electrons. The highest BCUT2D eigenvalue weighted by molar-refractivity contribution is 6.01. The van der Waals surface area contributed by atoms with Crippen molar-refractivity contribution in [3.63, 3.8) is 0 Å². The summed E-state index contributed by atoms with van der Waals surface area (Å²) in [6.45, 7) is 0. The van der Waals surface area contributed by atoms with Crippen LogP contribution in [-0.2, 0) is 4.74 Å². The first-order valence-electron chi connectivity index (χ1n) is 5.25. The second-order valence-corrected chi connectivity index (χ2v) is 4.02. The van der Waals surface area contributed by atoms with E-state index in [4.69, 9.17) is 9.15 Å². The summed E-state index contributed by atoms with van der Waals surface area (Å²) in [5.74, 6) is 1.07. The van der Waals surface area contributed by atoms with Gasteiger partial charge < -0.3 is 9.15 Å². The highest BCUT2D eigenvalue weighted by Gasteiger charge is 2.28. The first-order chi connectivity index (χ1) is 7.79. The molecular weight excluding hydrogens is 206 g/mol. The maximum absolute atomic E-state index is 11.5. The Labute approximate surface area is 92.2 Å². The molecular formula is C12H11NO3. The van der Waals surface area contributed by atoms with Gasteiger partial charge in [0.1, 0.15) is 11.3 Å². The molecule has 4 heteroatoms. The van der Waals surface area contributed by atoms with Gasteiger partial charge in [-0.05, 0) is 18.9 Å². The third-order valence-electron chi connectivity index (χ3n) is 2.83. The lowest BCUT2D eigenvalue weighted by atomic mass is 10.2. The summed E-state index contributed by atoms with van der Waals surface area (Å²) in [5.41, 5.74) is 0.982. The number of hydrogen-bond acceptors (Lipinski definition) is 4. The molecule has 0 saturated heterocycles. The first-order valence-corrected chi connectivity index (χ1v) is 5.25. The lowest BCUT2D eigenvalue weighted by Crippen LogP contribution is -2.01. The van der Waals surface area contributed by atoms with Crippen molar-refractivity contribution in [2.75, 3.05) is 7.11 Å². The highest BCUT2D eigenvalue weighted by atomic mass is 16.5. The van der Waals surface area contributed by atoms with Crippen molar-refractivity contribution in [3.8, 4) is 0 Å². The van der Waals surface area contributed by atoms with E-state index in [9.17, 15) is 4.79 Å². The topological polar surface area (TPSA) is 52.3 Å². The summed E-state index contributed by atoms with van der Waals surface area (Å²) in [7, 11) is 1.35. The number of pyridine rings is 1. The van der Waals surface area contributed by atoms with Crippen LogP contribution in [0.2, 0.25) is 0 Å². The van der Waals surface area contributed by atoms with E-state index >= 15 is 0 Å². The molecule has 1 fully saturated rings. The standard InChI is InChI=1S/C12H11NO3/c1-15-12(14)9-6-13-5-8-4-10(7-2-3-7)16-11(8)9/h4-7H,2-3H2,1H3. The van der Waals surface area contributed by atoms with Gasteiger partial charge in [0, 0.05) is 23.7 Å². The number of rotatable bonds is 2. The fraction of sp³-hybridized carbons (Fsp3) is 0.333. The van der Waals surface area contributed by atoms with Crippen molar-refractivity contribution in [2.24, 2.45) is 0 Å². The number of aromatic nitrogens is 1. The second-order valence-electron chi connectivity index (χ2n) is 4.02. The lowest BCUT2D eigenvalue weighted by Gasteiger charge is -1.98. The van der Waals surface area contributed by atoms with Crippen LogP contribution in [-0.4, -0.2) is 18.1 Å². The number of fused-ring (bicyclic) bond motifs is 1. The Morgan fingerprint density at radius 3 is 3.00 bits per heavy atom. The molecule has 0 spiro atoms. The Kier molecular flexibility index (Phi) is 1.96. The minimum Gasteiger partial charge on any atom is -0.465 e. The summed E-state index contributed by atoms with van der Waals surface area (Å²) < 4.78 is 10.4. The van der Waals surface area contributed by atoms with E-state index in [2.05, 4.69) is 4.98 Å². The van der Waals surface area contributed by atoms with E-state index in [0.29, 0.717) is 17.1 Å². The number of carbonyl (C=O) groups excluding carboxylic acids is 1. The average molecular weight is 217 g/mol. The molecule has 0 N–H and O–H groups in total. The van der Waals surface area contributed by atoms with Crippen LogP contribution >= 0.6 is 0 Å². The molecule has 0 unspecified atom stereocenters. The van der Waals surface area contributed by atoms with Crippen molar-refractivity contribution in [2.45, 2.75) is 18.8 Å². The number of hydrogen-bond donors (Lipinski definition) is 0. The van der Waals surface area contributed by atoms with E-state index in [1.807, 2.05) is 6.07 Å². The molecule has 1 saturated carbocycles. The van der Waals surface area contributed by atoms with Gasteiger partial charge in [-0.3, -0.25) is 4.98 Å². The minimum absolute atomic E-state index is 0.395. The third-order valence-corrected chi connectivity index (χ3v) is 2.83. The van der Waals surface area contributed by atoms with Gasteiger partial charge in [0.05, 0.1) is 7.11 Å². The highest BCUT2D eigenvalue weighted by Crippen LogP contribution is 2.42. The molecule has 2 heterocycles. The Morgan fingerprint density at radius 1 is 1.50 bits per heavy atom. The maximum Gasteiger partial charge on any atom is 0.343 e. The normalized spacial score (nSPS) is 15.3. The smallest absolute Gasteiger partial charge is 0.343 e. The van der Waals surface area contributed by atoms with Crippen molar-refractivity contribution in [1.29, 1.82) is 0 Å². The van der Waals surface area contributed by atoms with Crippen LogP contribution in [0, 0.1) is 0 Å². The summed E-state index contributed by atoms with van der Waals surface area (Å²) in [6.07, 6.45) is 5.52. The Balaban J connectivity index is 2.17. The molecule has 0 atom stereocenters. The largest absolute Gasteiger partial charge is 0.465 e. The molecule has 0 radical (unpaired) electrons. The predicted octanol–water partition coefficient (Wildman–Crippen LogP) is 2.49. The van der Waals surface area contributed by atoms with Gasteiger partial charge in [0.15, 0.2) is 5.58 Å². The number of carbonyl (C=O) groups is 1. The Hall–Kier alpha value is -1.84. The van der Waals surface area contributed by atoms with Crippen LogP contribution in [0.3, 0.4) is 0 Å². The number of furan rings is 1. The van der Waals surface area contributed by atoms with Gasteiger partial charge in [0.25, 0.3) is 0 Å². The van der Waals surface area contributed by atoms with E-state index in [-0.39, 0.29) is 0 Å². The second kappa shape index (κ2) is 3.33. The number of methoxy groups -OCH3 is 1. The third kappa shape index (κ3) is 1.38. The van der Waals surface area contributed by atoms with Crippen molar-refractivity contribution < 1.29 is 13.9 Å². The van der Waals surface area contributed by atoms with Gasteiger partial charge in [0.2, 0.25) is 0 Å². The number of ether oxygens (including phenoxy) is 1. The number of nitrogens with zero attached hydrogens (tertiary/aromatic N) is 1. The fourth-order valence-electron chi connectivity index (χ4n) is 1.81. The zero-order chi connectivity index (χ0) is 11.1. The zero-order valence-electron chi connectivity index (χ0n) is 8.90. The number of esters is 1. The van der Waals surface area contributed by atoms with Crippen molar-refractivity contribution in [3.05, 3.63) is 29.8 Å². The van der Waals surface area contributed by atoms with Gasteiger partial charge >= 0.3 is 5.97 Å². The molecule has 1 aliphatic rings. The molecule has 2 aromatic rings.